The Kier molecular flexibility index (Phi) is 3.86. The second kappa shape index (κ2) is 4.94. The van der Waals surface area contributed by atoms with Crippen molar-refractivity contribution in [3.05, 3.63) is 24.3 Å². The zero-order chi connectivity index (χ0) is 10.6. The van der Waals surface area contributed by atoms with Gasteiger partial charge in [0.1, 0.15) is 5.75 Å². The summed E-state index contributed by atoms with van der Waals surface area (Å²) < 4.78 is 18.2. The van der Waals surface area contributed by atoms with Gasteiger partial charge < -0.3 is 4.74 Å². The van der Waals surface area contributed by atoms with Crippen molar-refractivity contribution in [3.8, 4) is 5.75 Å². The molecule has 2 nitrogen and oxygen atoms in total. The number of ether oxygens (including phenoxy) is 1. The number of aromatic nitrogens is 1. The number of halogens is 1. The number of rotatable bonds is 4. The average Bonchev–Trinajstić information content (AvgIpc) is 2.01. The van der Waals surface area contributed by atoms with Crippen LogP contribution in [0.1, 0.15) is 27.2 Å². The minimum atomic E-state index is -0.501. The number of hydrogen-bond donors (Lipinski definition) is 0. The van der Waals surface area contributed by atoms with E-state index < -0.39 is 5.95 Å². The van der Waals surface area contributed by atoms with Crippen LogP contribution in [0, 0.1) is 11.9 Å². The Bertz CT molecular complexity index is 288. The van der Waals surface area contributed by atoms with Crippen molar-refractivity contribution in [3.63, 3.8) is 0 Å². The highest BCUT2D eigenvalue weighted by molar-refractivity contribution is 5.18. The molecule has 0 saturated heterocycles. The van der Waals surface area contributed by atoms with Crippen molar-refractivity contribution in [2.24, 2.45) is 5.92 Å². The molecule has 1 aromatic rings. The third-order valence-corrected chi connectivity index (χ3v) is 1.84. The Morgan fingerprint density at radius 3 is 2.71 bits per heavy atom. The minimum Gasteiger partial charge on any atom is -0.490 e. The van der Waals surface area contributed by atoms with Gasteiger partial charge in [-0.05, 0) is 25.3 Å². The van der Waals surface area contributed by atoms with Crippen molar-refractivity contribution in [1.29, 1.82) is 0 Å². The molecule has 0 aliphatic carbocycles. The van der Waals surface area contributed by atoms with E-state index in [0.29, 0.717) is 11.7 Å². The van der Waals surface area contributed by atoms with Gasteiger partial charge in [0.05, 0.1) is 6.10 Å². The van der Waals surface area contributed by atoms with Crippen molar-refractivity contribution >= 4 is 0 Å². The second-order valence-electron chi connectivity index (χ2n) is 3.87. The predicted molar refractivity (Wildman–Crippen MR) is 53.7 cm³/mol. The minimum absolute atomic E-state index is 0.108. The summed E-state index contributed by atoms with van der Waals surface area (Å²) in [6.45, 7) is 6.25. The quantitative estimate of drug-likeness (QED) is 0.692. The molecule has 0 amide bonds. The Morgan fingerprint density at radius 1 is 1.43 bits per heavy atom. The molecule has 1 rings (SSSR count). The summed E-state index contributed by atoms with van der Waals surface area (Å²) in [6.07, 6.45) is 2.48. The lowest BCUT2D eigenvalue weighted by atomic mass is 10.1. The van der Waals surface area contributed by atoms with Crippen LogP contribution in [-0.2, 0) is 0 Å². The lowest BCUT2D eigenvalue weighted by Crippen LogP contribution is -2.14. The molecular formula is C11H16FNO. The molecule has 0 bridgehead atoms. The summed E-state index contributed by atoms with van der Waals surface area (Å²) in [6, 6.07) is 2.97. The number of hydrogen-bond acceptors (Lipinski definition) is 2. The van der Waals surface area contributed by atoms with E-state index in [4.69, 9.17) is 4.74 Å². The van der Waals surface area contributed by atoms with Crippen molar-refractivity contribution < 1.29 is 9.13 Å². The SMILES string of the molecule is CC(C)CC(C)Oc1ccnc(F)c1. The van der Waals surface area contributed by atoms with Crippen LogP contribution in [0.4, 0.5) is 4.39 Å². The van der Waals surface area contributed by atoms with Gasteiger partial charge in [-0.15, -0.1) is 0 Å². The molecule has 0 N–H and O–H groups in total. The Balaban J connectivity index is 2.51. The predicted octanol–water partition coefficient (Wildman–Crippen LogP) is 3.03. The van der Waals surface area contributed by atoms with E-state index in [-0.39, 0.29) is 6.10 Å². The zero-order valence-corrected chi connectivity index (χ0v) is 8.83. The van der Waals surface area contributed by atoms with Crippen LogP contribution in [0.2, 0.25) is 0 Å². The van der Waals surface area contributed by atoms with Crippen LogP contribution in [0.5, 0.6) is 5.75 Å². The molecule has 0 aromatic carbocycles. The molecule has 1 aromatic heterocycles. The third kappa shape index (κ3) is 3.73. The number of nitrogens with zero attached hydrogens (tertiary/aromatic N) is 1. The first kappa shape index (κ1) is 11.0. The summed E-state index contributed by atoms with van der Waals surface area (Å²) in [7, 11) is 0. The van der Waals surface area contributed by atoms with Gasteiger partial charge in [0.15, 0.2) is 0 Å². The van der Waals surface area contributed by atoms with Crippen LogP contribution in [-0.4, -0.2) is 11.1 Å². The first-order valence-electron chi connectivity index (χ1n) is 4.86. The zero-order valence-electron chi connectivity index (χ0n) is 8.83. The topological polar surface area (TPSA) is 22.1 Å². The monoisotopic (exact) mass is 197 g/mol. The second-order valence-corrected chi connectivity index (χ2v) is 3.87. The van der Waals surface area contributed by atoms with Crippen molar-refractivity contribution in [2.75, 3.05) is 0 Å². The summed E-state index contributed by atoms with van der Waals surface area (Å²) in [5, 5.41) is 0. The molecule has 0 spiro atoms. The third-order valence-electron chi connectivity index (χ3n) is 1.84. The first-order chi connectivity index (χ1) is 6.58. The highest BCUT2D eigenvalue weighted by atomic mass is 19.1. The van der Waals surface area contributed by atoms with E-state index in [1.165, 1.54) is 12.3 Å². The Labute approximate surface area is 84.1 Å². The van der Waals surface area contributed by atoms with Crippen molar-refractivity contribution in [1.82, 2.24) is 4.98 Å². The summed E-state index contributed by atoms with van der Waals surface area (Å²) in [4.78, 5) is 3.46. The van der Waals surface area contributed by atoms with Crippen LogP contribution >= 0.6 is 0 Å². The normalized spacial score (nSPS) is 12.9. The Morgan fingerprint density at radius 2 is 2.14 bits per heavy atom. The van der Waals surface area contributed by atoms with E-state index >= 15 is 0 Å². The summed E-state index contributed by atoms with van der Waals surface area (Å²) in [5.41, 5.74) is 0. The largest absolute Gasteiger partial charge is 0.490 e. The maximum absolute atomic E-state index is 12.7. The summed E-state index contributed by atoms with van der Waals surface area (Å²) in [5.74, 6) is 0.626. The maximum Gasteiger partial charge on any atom is 0.216 e. The van der Waals surface area contributed by atoms with E-state index in [1.807, 2.05) is 6.92 Å². The lowest BCUT2D eigenvalue weighted by molar-refractivity contribution is 0.192. The lowest BCUT2D eigenvalue weighted by Gasteiger charge is -2.16. The fraction of sp³-hybridized carbons (Fsp3) is 0.545. The van der Waals surface area contributed by atoms with E-state index in [2.05, 4.69) is 18.8 Å². The molecular weight excluding hydrogens is 181 g/mol. The van der Waals surface area contributed by atoms with E-state index in [0.717, 1.165) is 6.42 Å². The molecule has 3 heteroatoms. The molecule has 1 unspecified atom stereocenters. The number of pyridine rings is 1. The highest BCUT2D eigenvalue weighted by Gasteiger charge is 2.07. The molecule has 0 radical (unpaired) electrons. The molecule has 78 valence electrons. The molecule has 0 saturated carbocycles. The Hall–Kier alpha value is -1.12. The van der Waals surface area contributed by atoms with Crippen LogP contribution in [0.25, 0.3) is 0 Å². The van der Waals surface area contributed by atoms with Crippen LogP contribution in [0.15, 0.2) is 18.3 Å². The van der Waals surface area contributed by atoms with Gasteiger partial charge >= 0.3 is 0 Å². The van der Waals surface area contributed by atoms with Gasteiger partial charge in [-0.25, -0.2) is 4.98 Å². The van der Waals surface area contributed by atoms with Gasteiger partial charge in [-0.1, -0.05) is 13.8 Å². The van der Waals surface area contributed by atoms with Crippen LogP contribution < -0.4 is 4.74 Å². The fourth-order valence-electron chi connectivity index (χ4n) is 1.40. The van der Waals surface area contributed by atoms with Gasteiger partial charge in [-0.2, -0.15) is 4.39 Å². The standard InChI is InChI=1S/C11H16FNO/c1-8(2)6-9(3)14-10-4-5-13-11(12)7-10/h4-5,7-9H,6H2,1-3H3. The van der Waals surface area contributed by atoms with E-state index in [1.54, 1.807) is 6.07 Å². The molecule has 14 heavy (non-hydrogen) atoms. The van der Waals surface area contributed by atoms with Gasteiger partial charge in [0.2, 0.25) is 5.95 Å². The van der Waals surface area contributed by atoms with Gasteiger partial charge in [-0.3, -0.25) is 0 Å². The fourth-order valence-corrected chi connectivity index (χ4v) is 1.40. The van der Waals surface area contributed by atoms with E-state index in [9.17, 15) is 4.39 Å². The molecule has 0 fully saturated rings. The molecule has 1 atom stereocenters. The maximum atomic E-state index is 12.7. The molecule has 1 heterocycles. The van der Waals surface area contributed by atoms with Gasteiger partial charge in [0.25, 0.3) is 0 Å². The van der Waals surface area contributed by atoms with Gasteiger partial charge in [0, 0.05) is 12.3 Å². The average molecular weight is 197 g/mol. The van der Waals surface area contributed by atoms with Crippen LogP contribution in [0.3, 0.4) is 0 Å². The van der Waals surface area contributed by atoms with Crippen molar-refractivity contribution in [2.45, 2.75) is 33.3 Å². The summed E-state index contributed by atoms with van der Waals surface area (Å²) >= 11 is 0. The smallest absolute Gasteiger partial charge is 0.216 e. The highest BCUT2D eigenvalue weighted by Crippen LogP contribution is 2.15. The molecule has 0 aliphatic rings. The molecule has 0 aliphatic heterocycles. The first-order valence-corrected chi connectivity index (χ1v) is 4.86.